The van der Waals surface area contributed by atoms with Gasteiger partial charge in [-0.1, -0.05) is 18.2 Å². The van der Waals surface area contributed by atoms with Crippen molar-refractivity contribution in [2.24, 2.45) is 4.99 Å². The molecule has 0 radical (unpaired) electrons. The second-order valence-electron chi connectivity index (χ2n) is 7.14. The van der Waals surface area contributed by atoms with Crippen LogP contribution in [-0.2, 0) is 13.0 Å². The summed E-state index contributed by atoms with van der Waals surface area (Å²) in [5.74, 6) is 2.82. The zero-order valence-electron chi connectivity index (χ0n) is 17.5. The fraction of sp³-hybridized carbons (Fsp3) is 0.364. The minimum atomic E-state index is 0.743. The maximum absolute atomic E-state index is 4.72. The number of aromatic nitrogens is 5. The fourth-order valence-corrected chi connectivity index (χ4v) is 3.59. The van der Waals surface area contributed by atoms with Crippen molar-refractivity contribution in [3.63, 3.8) is 0 Å². The minimum absolute atomic E-state index is 0.743. The summed E-state index contributed by atoms with van der Waals surface area (Å²) in [6.07, 6.45) is 3.72. The van der Waals surface area contributed by atoms with Gasteiger partial charge in [-0.2, -0.15) is 0 Å². The first-order valence-electron chi connectivity index (χ1n) is 10.5. The minimum Gasteiger partial charge on any atom is -0.357 e. The van der Waals surface area contributed by atoms with Crippen molar-refractivity contribution in [2.45, 2.75) is 33.2 Å². The maximum atomic E-state index is 4.72. The molecular weight excluding hydrogens is 376 g/mol. The van der Waals surface area contributed by atoms with E-state index < -0.39 is 0 Å². The van der Waals surface area contributed by atoms with Gasteiger partial charge in [0.25, 0.3) is 0 Å². The van der Waals surface area contributed by atoms with Crippen molar-refractivity contribution in [1.82, 2.24) is 34.8 Å². The van der Waals surface area contributed by atoms with Gasteiger partial charge in [-0.05, 0) is 44.5 Å². The first kappa shape index (κ1) is 19.9. The number of pyridine rings is 1. The molecule has 30 heavy (non-hydrogen) atoms. The van der Waals surface area contributed by atoms with Crippen molar-refractivity contribution in [2.75, 3.05) is 19.6 Å². The van der Waals surface area contributed by atoms with Gasteiger partial charge < -0.3 is 15.2 Å². The number of hydrogen-bond acceptors (Lipinski definition) is 4. The van der Waals surface area contributed by atoms with E-state index in [1.54, 1.807) is 0 Å². The lowest BCUT2D eigenvalue weighted by atomic mass is 10.3. The van der Waals surface area contributed by atoms with Crippen molar-refractivity contribution in [3.8, 4) is 0 Å². The number of hydrogen-bond donors (Lipinski definition) is 2. The van der Waals surface area contributed by atoms with E-state index in [1.807, 2.05) is 34.9 Å². The predicted molar refractivity (Wildman–Crippen MR) is 120 cm³/mol. The third kappa shape index (κ3) is 4.42. The number of para-hydroxylation sites is 2. The number of imidazole rings is 1. The molecule has 3 heterocycles. The maximum Gasteiger partial charge on any atom is 0.191 e. The van der Waals surface area contributed by atoms with Crippen LogP contribution in [0.15, 0.2) is 53.7 Å². The molecular formula is C22H28N8. The highest BCUT2D eigenvalue weighted by Gasteiger charge is 2.07. The normalized spacial score (nSPS) is 12.0. The summed E-state index contributed by atoms with van der Waals surface area (Å²) in [7, 11) is 0. The molecule has 0 saturated heterocycles. The third-order valence-corrected chi connectivity index (χ3v) is 5.02. The first-order valence-corrected chi connectivity index (χ1v) is 10.5. The van der Waals surface area contributed by atoms with Gasteiger partial charge in [-0.15, -0.1) is 10.2 Å². The highest BCUT2D eigenvalue weighted by molar-refractivity contribution is 5.79. The zero-order valence-corrected chi connectivity index (χ0v) is 17.5. The lowest BCUT2D eigenvalue weighted by Gasteiger charge is -2.11. The van der Waals surface area contributed by atoms with E-state index in [2.05, 4.69) is 62.4 Å². The Balaban J connectivity index is 1.30. The first-order chi connectivity index (χ1) is 14.8. The van der Waals surface area contributed by atoms with Gasteiger partial charge in [-0.25, -0.2) is 4.98 Å². The van der Waals surface area contributed by atoms with E-state index in [1.165, 1.54) is 5.52 Å². The summed E-state index contributed by atoms with van der Waals surface area (Å²) in [6.45, 7) is 7.35. The Morgan fingerprint density at radius 1 is 1.07 bits per heavy atom. The van der Waals surface area contributed by atoms with Gasteiger partial charge in [0, 0.05) is 38.8 Å². The summed E-state index contributed by atoms with van der Waals surface area (Å²) in [5.41, 5.74) is 3.11. The average Bonchev–Trinajstić information content (AvgIpc) is 3.31. The highest BCUT2D eigenvalue weighted by atomic mass is 15.2. The van der Waals surface area contributed by atoms with Gasteiger partial charge in [0.1, 0.15) is 11.6 Å². The van der Waals surface area contributed by atoms with Crippen LogP contribution in [0.3, 0.4) is 0 Å². The van der Waals surface area contributed by atoms with Gasteiger partial charge in [0.05, 0.1) is 11.0 Å². The van der Waals surface area contributed by atoms with Crippen LogP contribution in [0.1, 0.15) is 25.0 Å². The van der Waals surface area contributed by atoms with Crippen LogP contribution >= 0.6 is 0 Å². The smallest absolute Gasteiger partial charge is 0.191 e. The lowest BCUT2D eigenvalue weighted by molar-refractivity contribution is 0.645. The largest absolute Gasteiger partial charge is 0.357 e. The van der Waals surface area contributed by atoms with E-state index in [9.17, 15) is 0 Å². The molecule has 2 N–H and O–H groups in total. The molecule has 0 saturated carbocycles. The van der Waals surface area contributed by atoms with Crippen LogP contribution in [0.2, 0.25) is 0 Å². The van der Waals surface area contributed by atoms with Crippen LogP contribution in [-0.4, -0.2) is 49.7 Å². The summed E-state index contributed by atoms with van der Waals surface area (Å²) < 4.78 is 4.28. The number of benzene rings is 1. The molecule has 0 atom stereocenters. The standard InChI is InChI=1S/C22H28N8/c1-3-23-22(25-14-12-21-28-27-20-11-6-7-15-30(20)21)24-13-8-16-29-17(2)26-18-9-4-5-10-19(18)29/h4-7,9-11,15H,3,8,12-14,16H2,1-2H3,(H2,23,24,25). The van der Waals surface area contributed by atoms with Gasteiger partial charge in [-0.3, -0.25) is 9.39 Å². The molecule has 156 valence electrons. The Morgan fingerprint density at radius 2 is 1.93 bits per heavy atom. The Kier molecular flexibility index (Phi) is 6.22. The molecule has 4 rings (SSSR count). The molecule has 8 nitrogen and oxygen atoms in total. The molecule has 0 aliphatic carbocycles. The molecule has 0 amide bonds. The summed E-state index contributed by atoms with van der Waals surface area (Å²) in [6, 6.07) is 14.2. The SMILES string of the molecule is CCNC(=NCCCn1c(C)nc2ccccc21)NCCc1nnc2ccccn12. The van der Waals surface area contributed by atoms with E-state index in [4.69, 9.17) is 4.99 Å². The summed E-state index contributed by atoms with van der Waals surface area (Å²) >= 11 is 0. The molecule has 0 aliphatic heterocycles. The van der Waals surface area contributed by atoms with Crippen molar-refractivity contribution in [1.29, 1.82) is 0 Å². The second-order valence-corrected chi connectivity index (χ2v) is 7.14. The lowest BCUT2D eigenvalue weighted by Crippen LogP contribution is -2.38. The van der Waals surface area contributed by atoms with Crippen LogP contribution in [0, 0.1) is 6.92 Å². The van der Waals surface area contributed by atoms with Crippen LogP contribution in [0.25, 0.3) is 16.7 Å². The fourth-order valence-electron chi connectivity index (χ4n) is 3.59. The number of aryl methyl sites for hydroxylation is 2. The molecule has 0 bridgehead atoms. The number of nitrogens with zero attached hydrogens (tertiary/aromatic N) is 6. The molecule has 0 aliphatic rings. The Labute approximate surface area is 176 Å². The Morgan fingerprint density at radius 3 is 2.83 bits per heavy atom. The highest BCUT2D eigenvalue weighted by Crippen LogP contribution is 2.15. The van der Waals surface area contributed by atoms with E-state index in [0.29, 0.717) is 0 Å². The van der Waals surface area contributed by atoms with Gasteiger partial charge in [0.2, 0.25) is 0 Å². The average molecular weight is 405 g/mol. The summed E-state index contributed by atoms with van der Waals surface area (Å²) in [4.78, 5) is 9.35. The monoisotopic (exact) mass is 404 g/mol. The molecule has 0 unspecified atom stereocenters. The summed E-state index contributed by atoms with van der Waals surface area (Å²) in [5, 5.41) is 15.2. The van der Waals surface area contributed by atoms with E-state index in [0.717, 1.165) is 67.8 Å². The van der Waals surface area contributed by atoms with E-state index >= 15 is 0 Å². The van der Waals surface area contributed by atoms with Gasteiger partial charge >= 0.3 is 0 Å². The predicted octanol–water partition coefficient (Wildman–Crippen LogP) is 2.58. The third-order valence-electron chi connectivity index (χ3n) is 5.02. The van der Waals surface area contributed by atoms with Crippen molar-refractivity contribution in [3.05, 3.63) is 60.3 Å². The quantitative estimate of drug-likeness (QED) is 0.268. The molecule has 0 fully saturated rings. The molecule has 3 aromatic heterocycles. The number of aliphatic imine (C=N–C) groups is 1. The Hall–Kier alpha value is -3.42. The molecule has 4 aromatic rings. The molecule has 8 heteroatoms. The Bertz CT molecular complexity index is 1140. The molecule has 0 spiro atoms. The second kappa shape index (κ2) is 9.39. The number of nitrogens with one attached hydrogen (secondary N) is 2. The number of rotatable bonds is 8. The van der Waals surface area contributed by atoms with E-state index in [-0.39, 0.29) is 0 Å². The zero-order chi connectivity index (χ0) is 20.8. The van der Waals surface area contributed by atoms with Gasteiger partial charge in [0.15, 0.2) is 11.6 Å². The van der Waals surface area contributed by atoms with Crippen LogP contribution in [0.5, 0.6) is 0 Å². The van der Waals surface area contributed by atoms with Crippen LogP contribution < -0.4 is 10.6 Å². The van der Waals surface area contributed by atoms with Crippen molar-refractivity contribution >= 4 is 22.6 Å². The number of fused-ring (bicyclic) bond motifs is 2. The number of guanidine groups is 1. The van der Waals surface area contributed by atoms with Crippen molar-refractivity contribution < 1.29 is 0 Å². The van der Waals surface area contributed by atoms with Crippen LogP contribution in [0.4, 0.5) is 0 Å². The molecule has 1 aromatic carbocycles. The topological polar surface area (TPSA) is 84.4 Å².